The number of imide groups is 1. The largest absolute Gasteiger partial charge is 0.356 e. The van der Waals surface area contributed by atoms with E-state index in [0.29, 0.717) is 24.1 Å². The van der Waals surface area contributed by atoms with Crippen LogP contribution < -0.4 is 5.32 Å². The Balaban J connectivity index is 1.17. The highest BCUT2D eigenvalue weighted by Gasteiger charge is 2.34. The summed E-state index contributed by atoms with van der Waals surface area (Å²) in [6.45, 7) is 0.813. The first-order valence-electron chi connectivity index (χ1n) is 9.78. The third-order valence-corrected chi connectivity index (χ3v) is 5.08. The van der Waals surface area contributed by atoms with Gasteiger partial charge in [-0.05, 0) is 37.1 Å². The molecule has 0 radical (unpaired) electrons. The molecule has 0 aliphatic carbocycles. The molecule has 0 spiro atoms. The highest BCUT2D eigenvalue weighted by atomic mass is 16.2. The van der Waals surface area contributed by atoms with Gasteiger partial charge in [-0.1, -0.05) is 18.2 Å². The van der Waals surface area contributed by atoms with Gasteiger partial charge in [0.05, 0.1) is 22.8 Å². The lowest BCUT2D eigenvalue weighted by Gasteiger charge is -2.13. The fraction of sp³-hybridized carbons (Fsp3) is 0.273. The predicted octanol–water partition coefficient (Wildman–Crippen LogP) is 2.46. The second-order valence-electron chi connectivity index (χ2n) is 7.03. The van der Waals surface area contributed by atoms with E-state index in [9.17, 15) is 14.4 Å². The number of fused-ring (bicyclic) bond motifs is 2. The van der Waals surface area contributed by atoms with Crippen molar-refractivity contribution in [2.45, 2.75) is 25.7 Å². The minimum atomic E-state index is -0.280. The third kappa shape index (κ3) is 3.89. The van der Waals surface area contributed by atoms with Crippen molar-refractivity contribution in [1.29, 1.82) is 0 Å². The summed E-state index contributed by atoms with van der Waals surface area (Å²) >= 11 is 0. The Morgan fingerprint density at radius 3 is 2.45 bits per heavy atom. The lowest BCUT2D eigenvalue weighted by Crippen LogP contribution is -2.32. The van der Waals surface area contributed by atoms with E-state index in [1.165, 1.54) is 4.90 Å². The van der Waals surface area contributed by atoms with Crippen molar-refractivity contribution in [1.82, 2.24) is 19.6 Å². The molecule has 4 rings (SSSR count). The number of nitrogens with one attached hydrogen (secondary N) is 1. The third-order valence-electron chi connectivity index (χ3n) is 5.08. The number of imidazole rings is 1. The zero-order chi connectivity index (χ0) is 20.2. The Hall–Kier alpha value is -3.48. The minimum Gasteiger partial charge on any atom is -0.356 e. The van der Waals surface area contributed by atoms with E-state index in [-0.39, 0.29) is 30.7 Å². The molecule has 29 heavy (non-hydrogen) atoms. The monoisotopic (exact) mass is 390 g/mol. The number of rotatable bonds is 8. The normalized spacial score (nSPS) is 13.2. The summed E-state index contributed by atoms with van der Waals surface area (Å²) in [5.74, 6) is 0.339. The fourth-order valence-electron chi connectivity index (χ4n) is 3.59. The molecule has 0 atom stereocenters. The smallest absolute Gasteiger partial charge is 0.261 e. The molecule has 1 aliphatic rings. The molecule has 1 N–H and O–H groups in total. The van der Waals surface area contributed by atoms with E-state index in [1.807, 2.05) is 35.0 Å². The number of aryl methyl sites for hydroxylation is 1. The zero-order valence-corrected chi connectivity index (χ0v) is 16.0. The number of aromatic nitrogens is 2. The number of benzene rings is 1. The molecule has 2 aromatic heterocycles. The average molecular weight is 390 g/mol. The number of amides is 3. The van der Waals surface area contributed by atoms with Crippen molar-refractivity contribution in [2.24, 2.45) is 0 Å². The molecule has 0 saturated heterocycles. The van der Waals surface area contributed by atoms with E-state index in [0.717, 1.165) is 24.2 Å². The molecule has 0 bridgehead atoms. The van der Waals surface area contributed by atoms with Gasteiger partial charge >= 0.3 is 0 Å². The first-order valence-corrected chi connectivity index (χ1v) is 9.78. The van der Waals surface area contributed by atoms with Gasteiger partial charge in [-0.2, -0.15) is 0 Å². The van der Waals surface area contributed by atoms with Gasteiger partial charge in [-0.3, -0.25) is 19.3 Å². The van der Waals surface area contributed by atoms with Gasteiger partial charge in [0.2, 0.25) is 5.91 Å². The van der Waals surface area contributed by atoms with Gasteiger partial charge in [0, 0.05) is 32.1 Å². The number of pyridine rings is 1. The number of carbonyl (C=O) groups excluding carboxylic acids is 3. The molecule has 3 amide bonds. The second kappa shape index (κ2) is 8.26. The molecular formula is C22H22N4O3. The summed E-state index contributed by atoms with van der Waals surface area (Å²) < 4.78 is 2.05. The SMILES string of the molecule is O=C(CCCN1C(=O)c2ccccc2C1=O)NCCCc1ncc2ccccn12. The van der Waals surface area contributed by atoms with E-state index in [2.05, 4.69) is 10.3 Å². The van der Waals surface area contributed by atoms with Crippen LogP contribution >= 0.6 is 0 Å². The van der Waals surface area contributed by atoms with Crippen molar-refractivity contribution in [3.05, 3.63) is 71.8 Å². The molecule has 7 heteroatoms. The summed E-state index contributed by atoms with van der Waals surface area (Å²) in [5, 5.41) is 2.89. The molecule has 7 nitrogen and oxygen atoms in total. The highest BCUT2D eigenvalue weighted by molar-refractivity contribution is 6.21. The van der Waals surface area contributed by atoms with Crippen molar-refractivity contribution in [3.63, 3.8) is 0 Å². The predicted molar refractivity (Wildman–Crippen MR) is 108 cm³/mol. The van der Waals surface area contributed by atoms with E-state index in [4.69, 9.17) is 0 Å². The number of carbonyl (C=O) groups is 3. The maximum atomic E-state index is 12.3. The van der Waals surface area contributed by atoms with Crippen LogP contribution in [0.2, 0.25) is 0 Å². The van der Waals surface area contributed by atoms with Crippen molar-refractivity contribution in [2.75, 3.05) is 13.1 Å². The quantitative estimate of drug-likeness (QED) is 0.473. The van der Waals surface area contributed by atoms with Crippen LogP contribution in [0.5, 0.6) is 0 Å². The molecule has 3 aromatic rings. The molecule has 0 saturated carbocycles. The summed E-state index contributed by atoms with van der Waals surface area (Å²) in [6, 6.07) is 12.8. The topological polar surface area (TPSA) is 83.8 Å². The van der Waals surface area contributed by atoms with Gasteiger partial charge in [0.25, 0.3) is 11.8 Å². The van der Waals surface area contributed by atoms with Crippen LogP contribution in [0.4, 0.5) is 0 Å². The summed E-state index contributed by atoms with van der Waals surface area (Å²) in [7, 11) is 0. The maximum Gasteiger partial charge on any atom is 0.261 e. The summed E-state index contributed by atoms with van der Waals surface area (Å²) in [5.41, 5.74) is 1.93. The van der Waals surface area contributed by atoms with E-state index < -0.39 is 0 Å². The van der Waals surface area contributed by atoms with E-state index in [1.54, 1.807) is 24.3 Å². The summed E-state index contributed by atoms with van der Waals surface area (Å²) in [4.78, 5) is 42.3. The van der Waals surface area contributed by atoms with Gasteiger partial charge < -0.3 is 9.72 Å². The van der Waals surface area contributed by atoms with Crippen molar-refractivity contribution >= 4 is 23.2 Å². The van der Waals surface area contributed by atoms with Crippen LogP contribution in [0.3, 0.4) is 0 Å². The van der Waals surface area contributed by atoms with Gasteiger partial charge in [0.15, 0.2) is 0 Å². The molecule has 1 aromatic carbocycles. The molecule has 0 unspecified atom stereocenters. The Kier molecular flexibility index (Phi) is 5.37. The number of nitrogens with zero attached hydrogens (tertiary/aromatic N) is 3. The second-order valence-corrected chi connectivity index (χ2v) is 7.03. The Labute approximate surface area is 168 Å². The van der Waals surface area contributed by atoms with Crippen LogP contribution in [-0.4, -0.2) is 45.1 Å². The molecular weight excluding hydrogens is 368 g/mol. The molecule has 3 heterocycles. The first-order chi connectivity index (χ1) is 14.1. The van der Waals surface area contributed by atoms with Crippen molar-refractivity contribution in [3.8, 4) is 0 Å². The first kappa shape index (κ1) is 18.9. The summed E-state index contributed by atoms with van der Waals surface area (Å²) in [6.07, 6.45) is 6.11. The number of hydrogen-bond donors (Lipinski definition) is 1. The fourth-order valence-corrected chi connectivity index (χ4v) is 3.59. The standard InChI is InChI=1S/C22H22N4O3/c27-20(23-12-5-10-19-24-15-16-7-3-4-13-25(16)19)11-6-14-26-21(28)17-8-1-2-9-18(17)22(26)29/h1-4,7-9,13,15H,5-6,10-12,14H2,(H,23,27). The van der Waals surface area contributed by atoms with Gasteiger partial charge in [-0.25, -0.2) is 4.98 Å². The molecule has 148 valence electrons. The van der Waals surface area contributed by atoms with Gasteiger partial charge in [0.1, 0.15) is 5.82 Å². The molecule has 0 fully saturated rings. The Bertz CT molecular complexity index is 1040. The minimum absolute atomic E-state index is 0.0745. The molecule has 1 aliphatic heterocycles. The number of hydrogen-bond acceptors (Lipinski definition) is 4. The lowest BCUT2D eigenvalue weighted by molar-refractivity contribution is -0.121. The van der Waals surface area contributed by atoms with Crippen LogP contribution in [0.15, 0.2) is 54.9 Å². The van der Waals surface area contributed by atoms with Crippen LogP contribution in [-0.2, 0) is 11.2 Å². The Morgan fingerprint density at radius 1 is 0.966 bits per heavy atom. The lowest BCUT2D eigenvalue weighted by atomic mass is 10.1. The van der Waals surface area contributed by atoms with Crippen molar-refractivity contribution < 1.29 is 14.4 Å². The zero-order valence-electron chi connectivity index (χ0n) is 16.0. The van der Waals surface area contributed by atoms with Crippen LogP contribution in [0, 0.1) is 0 Å². The van der Waals surface area contributed by atoms with Gasteiger partial charge in [-0.15, -0.1) is 0 Å². The van der Waals surface area contributed by atoms with Crippen LogP contribution in [0.25, 0.3) is 5.52 Å². The van der Waals surface area contributed by atoms with Crippen LogP contribution in [0.1, 0.15) is 45.8 Å². The average Bonchev–Trinajstić information content (AvgIpc) is 3.26. The Morgan fingerprint density at radius 2 is 1.69 bits per heavy atom. The highest BCUT2D eigenvalue weighted by Crippen LogP contribution is 2.22. The van der Waals surface area contributed by atoms with E-state index >= 15 is 0 Å². The maximum absolute atomic E-state index is 12.3.